The Hall–Kier alpha value is -3.15. The zero-order chi connectivity index (χ0) is 19.1. The van der Waals surface area contributed by atoms with Crippen molar-refractivity contribution in [3.05, 3.63) is 65.7 Å². The van der Waals surface area contributed by atoms with E-state index in [1.807, 2.05) is 54.6 Å². The number of hydrogen-bond acceptors (Lipinski definition) is 4. The number of benzene rings is 2. The van der Waals surface area contributed by atoms with Crippen LogP contribution in [0.2, 0.25) is 0 Å². The molecule has 1 heterocycles. The Balaban J connectivity index is 1.43. The Labute approximate surface area is 158 Å². The zero-order valence-corrected chi connectivity index (χ0v) is 15.4. The molecule has 0 aliphatic carbocycles. The van der Waals surface area contributed by atoms with E-state index >= 15 is 0 Å². The minimum Gasteiger partial charge on any atom is -0.497 e. The van der Waals surface area contributed by atoms with Crippen molar-refractivity contribution >= 4 is 17.5 Å². The zero-order valence-electron chi connectivity index (χ0n) is 15.4. The van der Waals surface area contributed by atoms with E-state index in [0.29, 0.717) is 13.1 Å². The van der Waals surface area contributed by atoms with Crippen molar-refractivity contribution < 1.29 is 14.3 Å². The quantitative estimate of drug-likeness (QED) is 0.820. The second-order valence-corrected chi connectivity index (χ2v) is 6.30. The van der Waals surface area contributed by atoms with E-state index in [9.17, 15) is 9.59 Å². The molecule has 0 spiro atoms. The van der Waals surface area contributed by atoms with E-state index in [4.69, 9.17) is 4.74 Å². The molecule has 0 radical (unpaired) electrons. The minimum atomic E-state index is -0.148. The van der Waals surface area contributed by atoms with Gasteiger partial charge in [-0.05, 0) is 23.3 Å². The van der Waals surface area contributed by atoms with Crippen LogP contribution >= 0.6 is 0 Å². The molecule has 2 aromatic rings. The monoisotopic (exact) mass is 365 g/mol. The predicted molar refractivity (Wildman–Crippen MR) is 103 cm³/mol. The van der Waals surface area contributed by atoms with Crippen LogP contribution in [-0.4, -0.2) is 36.2 Å². The molecule has 0 unspecified atom stereocenters. The van der Waals surface area contributed by atoms with Crippen molar-refractivity contribution in [1.29, 1.82) is 0 Å². The van der Waals surface area contributed by atoms with Gasteiger partial charge in [0.05, 0.1) is 19.4 Å². The fourth-order valence-corrected chi connectivity index (χ4v) is 2.85. The van der Waals surface area contributed by atoms with E-state index in [1.165, 1.54) is 5.01 Å². The third-order valence-electron chi connectivity index (χ3n) is 4.41. The van der Waals surface area contributed by atoms with Crippen LogP contribution in [0.1, 0.15) is 30.4 Å². The summed E-state index contributed by atoms with van der Waals surface area (Å²) in [6.07, 6.45) is 1.04. The summed E-state index contributed by atoms with van der Waals surface area (Å²) in [4.78, 5) is 24.3. The molecule has 6 nitrogen and oxygen atoms in total. The number of hydrogen-bond donors (Lipinski definition) is 1. The predicted octanol–water partition coefficient (Wildman–Crippen LogP) is 2.73. The number of rotatable bonds is 7. The first-order valence-corrected chi connectivity index (χ1v) is 8.98. The summed E-state index contributed by atoms with van der Waals surface area (Å²) in [5.41, 5.74) is 2.92. The van der Waals surface area contributed by atoms with Gasteiger partial charge >= 0.3 is 0 Å². The molecular formula is C21H23N3O3. The molecule has 6 heteroatoms. The van der Waals surface area contributed by atoms with Crippen molar-refractivity contribution in [2.75, 3.05) is 13.7 Å². The first-order valence-electron chi connectivity index (χ1n) is 8.98. The van der Waals surface area contributed by atoms with Crippen molar-refractivity contribution in [3.63, 3.8) is 0 Å². The highest BCUT2D eigenvalue weighted by Gasteiger charge is 2.21. The number of hydrazone groups is 1. The fraction of sp³-hybridized carbons (Fsp3) is 0.286. The van der Waals surface area contributed by atoms with Crippen LogP contribution in [0.4, 0.5) is 0 Å². The maximum atomic E-state index is 12.3. The van der Waals surface area contributed by atoms with Gasteiger partial charge in [0.25, 0.3) is 0 Å². The van der Waals surface area contributed by atoms with Crippen molar-refractivity contribution in [2.24, 2.45) is 5.10 Å². The van der Waals surface area contributed by atoms with Gasteiger partial charge in [-0.3, -0.25) is 9.59 Å². The van der Waals surface area contributed by atoms with Gasteiger partial charge in [0.1, 0.15) is 5.75 Å². The lowest BCUT2D eigenvalue weighted by atomic mass is 10.1. The molecular weight excluding hydrogens is 342 g/mol. The first-order chi connectivity index (χ1) is 13.2. The largest absolute Gasteiger partial charge is 0.497 e. The smallest absolute Gasteiger partial charge is 0.243 e. The number of carbonyl (C=O) groups is 2. The summed E-state index contributed by atoms with van der Waals surface area (Å²) in [6, 6.07) is 17.3. The minimum absolute atomic E-state index is 0.125. The van der Waals surface area contributed by atoms with E-state index < -0.39 is 0 Å². The Bertz CT molecular complexity index is 816. The summed E-state index contributed by atoms with van der Waals surface area (Å²) < 4.78 is 5.10. The molecule has 27 heavy (non-hydrogen) atoms. The van der Waals surface area contributed by atoms with Crippen LogP contribution in [0.15, 0.2) is 59.7 Å². The maximum Gasteiger partial charge on any atom is 0.243 e. The van der Waals surface area contributed by atoms with E-state index in [2.05, 4.69) is 10.4 Å². The maximum absolute atomic E-state index is 12.3. The van der Waals surface area contributed by atoms with Crippen molar-refractivity contribution in [3.8, 4) is 5.75 Å². The summed E-state index contributed by atoms with van der Waals surface area (Å²) in [6.45, 7) is 0.994. The fourth-order valence-electron chi connectivity index (χ4n) is 2.85. The van der Waals surface area contributed by atoms with E-state index in [-0.39, 0.29) is 24.7 Å². The Morgan fingerprint density at radius 2 is 1.81 bits per heavy atom. The molecule has 1 aliphatic rings. The third kappa shape index (κ3) is 5.17. The Kier molecular flexibility index (Phi) is 6.20. The second kappa shape index (κ2) is 8.98. The SMILES string of the molecule is COc1ccc(CNC(=O)CCC(=O)N2CCC(c3ccccc3)=N2)cc1. The van der Waals surface area contributed by atoms with Gasteiger partial charge < -0.3 is 10.1 Å². The van der Waals surface area contributed by atoms with E-state index in [0.717, 1.165) is 29.0 Å². The van der Waals surface area contributed by atoms with Gasteiger partial charge in [0.2, 0.25) is 11.8 Å². The summed E-state index contributed by atoms with van der Waals surface area (Å²) in [5.74, 6) is 0.503. The highest BCUT2D eigenvalue weighted by Crippen LogP contribution is 2.15. The lowest BCUT2D eigenvalue weighted by Gasteiger charge is -2.11. The molecule has 2 aromatic carbocycles. The van der Waals surface area contributed by atoms with Gasteiger partial charge in [-0.25, -0.2) is 5.01 Å². The van der Waals surface area contributed by atoms with Crippen LogP contribution in [0.5, 0.6) is 5.75 Å². The number of nitrogens with zero attached hydrogens (tertiary/aromatic N) is 2. The van der Waals surface area contributed by atoms with Gasteiger partial charge in [-0.15, -0.1) is 0 Å². The number of nitrogens with one attached hydrogen (secondary N) is 1. The number of amides is 2. The Morgan fingerprint density at radius 3 is 2.52 bits per heavy atom. The molecule has 0 fully saturated rings. The lowest BCUT2D eigenvalue weighted by Crippen LogP contribution is -2.27. The average molecular weight is 365 g/mol. The number of ether oxygens (including phenoxy) is 1. The highest BCUT2D eigenvalue weighted by atomic mass is 16.5. The average Bonchev–Trinajstić information content (AvgIpc) is 3.22. The lowest BCUT2D eigenvalue weighted by molar-refractivity contribution is -0.133. The molecule has 1 N–H and O–H groups in total. The summed E-state index contributed by atoms with van der Waals surface area (Å²) >= 11 is 0. The summed E-state index contributed by atoms with van der Waals surface area (Å²) in [5, 5.41) is 8.70. The number of methoxy groups -OCH3 is 1. The topological polar surface area (TPSA) is 71.0 Å². The van der Waals surface area contributed by atoms with Crippen LogP contribution in [0, 0.1) is 0 Å². The van der Waals surface area contributed by atoms with Gasteiger partial charge in [0.15, 0.2) is 0 Å². The van der Waals surface area contributed by atoms with Crippen molar-refractivity contribution in [1.82, 2.24) is 10.3 Å². The molecule has 3 rings (SSSR count). The number of carbonyl (C=O) groups excluding carboxylic acids is 2. The molecule has 0 bridgehead atoms. The molecule has 0 saturated carbocycles. The first kappa shape index (κ1) is 18.6. The van der Waals surface area contributed by atoms with Crippen LogP contribution < -0.4 is 10.1 Å². The van der Waals surface area contributed by atoms with Crippen LogP contribution in [-0.2, 0) is 16.1 Å². The second-order valence-electron chi connectivity index (χ2n) is 6.30. The van der Waals surface area contributed by atoms with Gasteiger partial charge in [0, 0.05) is 25.8 Å². The normalized spacial score (nSPS) is 13.2. The van der Waals surface area contributed by atoms with Gasteiger partial charge in [-0.2, -0.15) is 5.10 Å². The standard InChI is InChI=1S/C21H23N3O3/c1-27-18-9-7-16(8-10-18)15-22-20(25)11-12-21(26)24-14-13-19(23-24)17-5-3-2-4-6-17/h2-10H,11-15H2,1H3,(H,22,25). The molecule has 2 amide bonds. The molecule has 140 valence electrons. The van der Waals surface area contributed by atoms with Crippen molar-refractivity contribution in [2.45, 2.75) is 25.8 Å². The van der Waals surface area contributed by atoms with Crippen LogP contribution in [0.3, 0.4) is 0 Å². The van der Waals surface area contributed by atoms with Gasteiger partial charge in [-0.1, -0.05) is 42.5 Å². The van der Waals surface area contributed by atoms with Crippen LogP contribution in [0.25, 0.3) is 0 Å². The van der Waals surface area contributed by atoms with E-state index in [1.54, 1.807) is 7.11 Å². The molecule has 1 aliphatic heterocycles. The third-order valence-corrected chi connectivity index (χ3v) is 4.41. The molecule has 0 atom stereocenters. The summed E-state index contributed by atoms with van der Waals surface area (Å²) in [7, 11) is 1.61. The highest BCUT2D eigenvalue weighted by molar-refractivity contribution is 6.02. The molecule has 0 saturated heterocycles. The molecule has 0 aromatic heterocycles. The Morgan fingerprint density at radius 1 is 1.07 bits per heavy atom.